The molecule has 4 heteroatoms. The van der Waals surface area contributed by atoms with Gasteiger partial charge in [-0.1, -0.05) is 18.2 Å². The Morgan fingerprint density at radius 2 is 2.13 bits per heavy atom. The van der Waals surface area contributed by atoms with Crippen molar-refractivity contribution < 1.29 is 14.3 Å². The molecule has 82 valence electrons. The van der Waals surface area contributed by atoms with Crippen LogP contribution in [0.15, 0.2) is 24.3 Å². The molecular formula is C11H15NO3. The third-order valence-corrected chi connectivity index (χ3v) is 2.00. The van der Waals surface area contributed by atoms with E-state index in [1.54, 1.807) is 7.11 Å². The van der Waals surface area contributed by atoms with Crippen LogP contribution in [0.3, 0.4) is 0 Å². The minimum Gasteiger partial charge on any atom is -0.496 e. The van der Waals surface area contributed by atoms with Crippen molar-refractivity contribution in [2.45, 2.75) is 6.42 Å². The average Bonchev–Trinajstić information content (AvgIpc) is 2.29. The predicted molar refractivity (Wildman–Crippen MR) is 57.1 cm³/mol. The molecule has 0 bridgehead atoms. The maximum atomic E-state index is 10.8. The van der Waals surface area contributed by atoms with E-state index >= 15 is 0 Å². The molecule has 1 amide bonds. The Bertz CT molecular complexity index is 325. The quantitative estimate of drug-likeness (QED) is 0.819. The third kappa shape index (κ3) is 3.50. The number of benzene rings is 1. The zero-order valence-corrected chi connectivity index (χ0v) is 8.95. The van der Waals surface area contributed by atoms with Crippen molar-refractivity contribution in [1.29, 1.82) is 0 Å². The number of methoxy groups -OCH3 is 1. The van der Waals surface area contributed by atoms with Gasteiger partial charge in [0.1, 0.15) is 5.75 Å². The number of carbonyl (C=O) groups excluding carboxylic acids is 1. The van der Waals surface area contributed by atoms with Gasteiger partial charge >= 0.3 is 6.09 Å². The van der Waals surface area contributed by atoms with Crippen LogP contribution in [0.5, 0.6) is 5.75 Å². The van der Waals surface area contributed by atoms with Crippen LogP contribution in [0.1, 0.15) is 5.56 Å². The summed E-state index contributed by atoms with van der Waals surface area (Å²) in [7, 11) is 3.16. The number of hydrogen-bond acceptors (Lipinski definition) is 3. The number of amides is 1. The summed E-state index contributed by atoms with van der Waals surface area (Å²) in [5.74, 6) is 0.818. The summed E-state index contributed by atoms with van der Waals surface area (Å²) in [4.78, 5) is 10.8. The van der Waals surface area contributed by atoms with Gasteiger partial charge in [-0.15, -0.1) is 0 Å². The van der Waals surface area contributed by atoms with Crippen molar-refractivity contribution in [2.75, 3.05) is 20.8 Å². The first-order valence-corrected chi connectivity index (χ1v) is 4.74. The van der Waals surface area contributed by atoms with Gasteiger partial charge in [0.15, 0.2) is 0 Å². The van der Waals surface area contributed by atoms with Crippen LogP contribution in [-0.2, 0) is 11.2 Å². The van der Waals surface area contributed by atoms with E-state index in [0.29, 0.717) is 13.0 Å². The molecule has 0 fully saturated rings. The van der Waals surface area contributed by atoms with Gasteiger partial charge in [-0.2, -0.15) is 0 Å². The average molecular weight is 209 g/mol. The Labute approximate surface area is 89.2 Å². The number of alkyl carbamates (subject to hydrolysis) is 1. The zero-order chi connectivity index (χ0) is 11.1. The fourth-order valence-electron chi connectivity index (χ4n) is 1.24. The second kappa shape index (κ2) is 5.90. The highest BCUT2D eigenvalue weighted by atomic mass is 16.5. The van der Waals surface area contributed by atoms with E-state index in [2.05, 4.69) is 5.32 Å². The molecule has 4 nitrogen and oxygen atoms in total. The summed E-state index contributed by atoms with van der Waals surface area (Å²) >= 11 is 0. The highest BCUT2D eigenvalue weighted by molar-refractivity contribution is 5.66. The Hall–Kier alpha value is -1.71. The number of carbonyl (C=O) groups is 1. The smallest absolute Gasteiger partial charge is 0.406 e. The fourth-order valence-corrected chi connectivity index (χ4v) is 1.24. The monoisotopic (exact) mass is 209 g/mol. The van der Waals surface area contributed by atoms with E-state index in [0.717, 1.165) is 11.3 Å². The molecule has 0 unspecified atom stereocenters. The second-order valence-corrected chi connectivity index (χ2v) is 2.95. The van der Waals surface area contributed by atoms with E-state index in [1.165, 1.54) is 7.05 Å². The molecule has 0 atom stereocenters. The van der Waals surface area contributed by atoms with Gasteiger partial charge in [-0.05, 0) is 11.6 Å². The number of nitrogens with one attached hydrogen (secondary N) is 1. The first kappa shape index (κ1) is 11.4. The highest BCUT2D eigenvalue weighted by Crippen LogP contribution is 2.17. The van der Waals surface area contributed by atoms with Gasteiger partial charge in [-0.3, -0.25) is 0 Å². The van der Waals surface area contributed by atoms with Crippen molar-refractivity contribution >= 4 is 6.09 Å². The van der Waals surface area contributed by atoms with Gasteiger partial charge in [0.25, 0.3) is 0 Å². The van der Waals surface area contributed by atoms with Crippen LogP contribution in [0, 0.1) is 0 Å². The zero-order valence-electron chi connectivity index (χ0n) is 8.95. The molecule has 0 radical (unpaired) electrons. The van der Waals surface area contributed by atoms with Crippen molar-refractivity contribution in [3.05, 3.63) is 29.8 Å². The molecule has 1 aromatic rings. The van der Waals surface area contributed by atoms with Crippen molar-refractivity contribution in [1.82, 2.24) is 5.32 Å². The van der Waals surface area contributed by atoms with E-state index in [1.807, 2.05) is 24.3 Å². The lowest BCUT2D eigenvalue weighted by molar-refractivity contribution is 0.149. The molecule has 0 heterocycles. The van der Waals surface area contributed by atoms with E-state index in [4.69, 9.17) is 9.47 Å². The first-order chi connectivity index (χ1) is 7.27. The minimum absolute atomic E-state index is 0.347. The molecule has 0 saturated heterocycles. The molecule has 0 aromatic heterocycles. The Morgan fingerprint density at radius 3 is 2.80 bits per heavy atom. The molecule has 0 aliphatic heterocycles. The highest BCUT2D eigenvalue weighted by Gasteiger charge is 2.03. The van der Waals surface area contributed by atoms with Crippen LogP contribution < -0.4 is 10.1 Å². The lowest BCUT2D eigenvalue weighted by atomic mass is 10.1. The maximum Gasteiger partial charge on any atom is 0.406 e. The predicted octanol–water partition coefficient (Wildman–Crippen LogP) is 1.59. The second-order valence-electron chi connectivity index (χ2n) is 2.95. The molecule has 15 heavy (non-hydrogen) atoms. The molecule has 0 aliphatic rings. The van der Waals surface area contributed by atoms with Crippen molar-refractivity contribution in [3.63, 3.8) is 0 Å². The Morgan fingerprint density at radius 1 is 1.40 bits per heavy atom. The molecule has 1 rings (SSSR count). The molecule has 1 N–H and O–H groups in total. The third-order valence-electron chi connectivity index (χ3n) is 2.00. The van der Waals surface area contributed by atoms with Gasteiger partial charge in [0, 0.05) is 13.5 Å². The van der Waals surface area contributed by atoms with Crippen LogP contribution in [0.25, 0.3) is 0 Å². The largest absolute Gasteiger partial charge is 0.496 e. The van der Waals surface area contributed by atoms with E-state index in [9.17, 15) is 4.79 Å². The minimum atomic E-state index is -0.412. The summed E-state index contributed by atoms with van der Waals surface area (Å²) in [5, 5.41) is 2.39. The molecule has 0 saturated carbocycles. The summed E-state index contributed by atoms with van der Waals surface area (Å²) in [6.07, 6.45) is 0.238. The van der Waals surface area contributed by atoms with E-state index < -0.39 is 6.09 Å². The van der Waals surface area contributed by atoms with Crippen LogP contribution in [0.4, 0.5) is 4.79 Å². The summed E-state index contributed by atoms with van der Waals surface area (Å²) in [5.41, 5.74) is 1.03. The fraction of sp³-hybridized carbons (Fsp3) is 0.364. The Balaban J connectivity index is 2.46. The van der Waals surface area contributed by atoms with Crippen molar-refractivity contribution in [3.8, 4) is 5.75 Å². The maximum absolute atomic E-state index is 10.8. The van der Waals surface area contributed by atoms with E-state index in [-0.39, 0.29) is 0 Å². The van der Waals surface area contributed by atoms with Crippen LogP contribution >= 0.6 is 0 Å². The summed E-state index contributed by atoms with van der Waals surface area (Å²) < 4.78 is 10.1. The number of para-hydroxylation sites is 1. The van der Waals surface area contributed by atoms with Crippen LogP contribution in [-0.4, -0.2) is 26.9 Å². The topological polar surface area (TPSA) is 47.6 Å². The molecule has 0 aliphatic carbocycles. The number of ether oxygens (including phenoxy) is 2. The van der Waals surface area contributed by atoms with Gasteiger partial charge in [-0.25, -0.2) is 4.79 Å². The molecule has 1 aromatic carbocycles. The van der Waals surface area contributed by atoms with Gasteiger partial charge in [0.05, 0.1) is 13.7 Å². The standard InChI is InChI=1S/C11H15NO3/c1-12-11(13)15-8-7-9-5-3-4-6-10(9)14-2/h3-6H,7-8H2,1-2H3,(H,12,13). The summed E-state index contributed by atoms with van der Waals surface area (Å²) in [6, 6.07) is 7.67. The lowest BCUT2D eigenvalue weighted by Gasteiger charge is -2.08. The van der Waals surface area contributed by atoms with Gasteiger partial charge in [0.2, 0.25) is 0 Å². The molecular weight excluding hydrogens is 194 g/mol. The summed E-state index contributed by atoms with van der Waals surface area (Å²) in [6.45, 7) is 0.347. The Kier molecular flexibility index (Phi) is 4.47. The first-order valence-electron chi connectivity index (χ1n) is 4.74. The number of hydrogen-bond donors (Lipinski definition) is 1. The van der Waals surface area contributed by atoms with Crippen LogP contribution in [0.2, 0.25) is 0 Å². The molecule has 0 spiro atoms. The lowest BCUT2D eigenvalue weighted by Crippen LogP contribution is -2.20. The normalized spacial score (nSPS) is 9.47. The number of rotatable bonds is 4. The van der Waals surface area contributed by atoms with Crippen molar-refractivity contribution in [2.24, 2.45) is 0 Å². The SMILES string of the molecule is CNC(=O)OCCc1ccccc1OC. The van der Waals surface area contributed by atoms with Gasteiger partial charge < -0.3 is 14.8 Å².